The number of aliphatic hydroxyl groups excluding tert-OH is 1. The van der Waals surface area contributed by atoms with Crippen LogP contribution >= 0.6 is 7.82 Å². The highest BCUT2D eigenvalue weighted by atomic mass is 31.2. The van der Waals surface area contributed by atoms with Crippen LogP contribution in [0.5, 0.6) is 0 Å². The highest BCUT2D eigenvalue weighted by Gasteiger charge is 2.23. The first kappa shape index (κ1) is 47.7. The first-order valence-electron chi connectivity index (χ1n) is 18.9. The van der Waals surface area contributed by atoms with E-state index in [1.54, 1.807) is 6.08 Å². The molecule has 0 saturated heterocycles. The number of phosphoric ester groups is 1. The van der Waals surface area contributed by atoms with E-state index in [4.69, 9.17) is 9.05 Å². The summed E-state index contributed by atoms with van der Waals surface area (Å²) < 4.78 is 22.8. The van der Waals surface area contributed by atoms with E-state index in [9.17, 15) is 19.4 Å². The van der Waals surface area contributed by atoms with Crippen molar-refractivity contribution in [3.05, 3.63) is 85.1 Å². The summed E-state index contributed by atoms with van der Waals surface area (Å²) in [4.78, 5) is 24.9. The van der Waals surface area contributed by atoms with Crippen molar-refractivity contribution in [1.29, 1.82) is 0 Å². The number of allylic oxidation sites excluding steroid dienone is 13. The van der Waals surface area contributed by atoms with Crippen molar-refractivity contribution in [1.82, 2.24) is 5.32 Å². The van der Waals surface area contributed by atoms with Gasteiger partial charge in [-0.15, -0.1) is 0 Å². The summed E-state index contributed by atoms with van der Waals surface area (Å²) in [6.45, 7) is 4.25. The second-order valence-electron chi connectivity index (χ2n) is 13.5. The van der Waals surface area contributed by atoms with Crippen molar-refractivity contribution in [2.75, 3.05) is 40.9 Å². The molecule has 1 amide bonds. The zero-order valence-corrected chi connectivity index (χ0v) is 32.9. The standard InChI is InChI=1S/C41H71N2O6P/c1-6-8-10-11-12-13-14-15-16-17-18-19-20-21-22-23-24-25-26-27-28-29-30-31-33-35-41(45)42-39(40(44)34-32-9-7-2)38-49-50(46,47)48-37-36-43(3,4)5/h8,10,12-13,15-16,18-19,21-22,24-25,32,34,39-40,44H,6-7,9,11,14,17,20,23,26-31,33,35-38H2,1-5H3,(H-,42,45,46,47)/b10-8-,13-12-,16-15-,19-18-,22-21-,25-24-,34-32+. The number of likely N-dealkylation sites (N-methyl/N-ethyl adjacent to an activating group) is 1. The molecule has 0 radical (unpaired) electrons. The lowest BCUT2D eigenvalue weighted by Gasteiger charge is -2.29. The van der Waals surface area contributed by atoms with Gasteiger partial charge >= 0.3 is 0 Å². The van der Waals surface area contributed by atoms with Crippen LogP contribution in [0.25, 0.3) is 0 Å². The minimum absolute atomic E-state index is 0.0111. The van der Waals surface area contributed by atoms with Crippen LogP contribution in [0.4, 0.5) is 0 Å². The number of unbranched alkanes of at least 4 members (excludes halogenated alkanes) is 7. The number of rotatable bonds is 32. The van der Waals surface area contributed by atoms with Gasteiger partial charge in [0.15, 0.2) is 0 Å². The van der Waals surface area contributed by atoms with Crippen molar-refractivity contribution in [3.8, 4) is 0 Å². The topological polar surface area (TPSA) is 108 Å². The molecule has 0 aliphatic carbocycles. The lowest BCUT2D eigenvalue weighted by molar-refractivity contribution is -0.870. The van der Waals surface area contributed by atoms with E-state index >= 15 is 0 Å². The molecular weight excluding hydrogens is 647 g/mol. The Morgan fingerprint density at radius 3 is 1.74 bits per heavy atom. The molecule has 3 atom stereocenters. The van der Waals surface area contributed by atoms with Crippen LogP contribution in [0, 0.1) is 0 Å². The molecule has 0 aromatic rings. The first-order chi connectivity index (χ1) is 24.0. The maximum absolute atomic E-state index is 12.6. The number of nitrogens with zero attached hydrogens (tertiary/aromatic N) is 1. The fraction of sp³-hybridized carbons (Fsp3) is 0.634. The second kappa shape index (κ2) is 32.6. The highest BCUT2D eigenvalue weighted by molar-refractivity contribution is 7.45. The maximum Gasteiger partial charge on any atom is 0.268 e. The number of quaternary nitrogens is 1. The molecule has 0 fully saturated rings. The Hall–Kier alpha value is -2.32. The summed E-state index contributed by atoms with van der Waals surface area (Å²) in [5.41, 5.74) is 0. The molecule has 50 heavy (non-hydrogen) atoms. The molecule has 8 nitrogen and oxygen atoms in total. The van der Waals surface area contributed by atoms with Gasteiger partial charge in [0.05, 0.1) is 39.9 Å². The van der Waals surface area contributed by atoms with Crippen molar-refractivity contribution >= 4 is 13.7 Å². The average molecular weight is 719 g/mol. The molecule has 0 bridgehead atoms. The van der Waals surface area contributed by atoms with Crippen LogP contribution < -0.4 is 10.2 Å². The predicted octanol–water partition coefficient (Wildman–Crippen LogP) is 9.21. The van der Waals surface area contributed by atoms with Gasteiger partial charge in [0, 0.05) is 6.42 Å². The Balaban J connectivity index is 4.10. The quantitative estimate of drug-likeness (QED) is 0.0311. The van der Waals surface area contributed by atoms with Crippen LogP contribution in [0.3, 0.4) is 0 Å². The Morgan fingerprint density at radius 1 is 0.720 bits per heavy atom. The monoisotopic (exact) mass is 719 g/mol. The molecule has 3 unspecified atom stereocenters. The zero-order chi connectivity index (χ0) is 37.2. The summed E-state index contributed by atoms with van der Waals surface area (Å²) in [6.07, 6.45) is 44.3. The molecule has 286 valence electrons. The third-order valence-corrected chi connectivity index (χ3v) is 8.56. The van der Waals surface area contributed by atoms with Gasteiger partial charge in [0.1, 0.15) is 13.2 Å². The number of hydrogen-bond donors (Lipinski definition) is 2. The molecule has 0 aliphatic heterocycles. The van der Waals surface area contributed by atoms with Crippen molar-refractivity contribution in [2.45, 2.75) is 129 Å². The summed E-state index contributed by atoms with van der Waals surface area (Å²) in [7, 11) is 1.22. The summed E-state index contributed by atoms with van der Waals surface area (Å²) in [6, 6.07) is -0.895. The van der Waals surface area contributed by atoms with Crippen LogP contribution in [-0.4, -0.2) is 68.5 Å². The van der Waals surface area contributed by atoms with Gasteiger partial charge in [-0.1, -0.05) is 131 Å². The molecule has 0 rings (SSSR count). The Morgan fingerprint density at radius 2 is 1.22 bits per heavy atom. The van der Waals surface area contributed by atoms with Gasteiger partial charge in [-0.25, -0.2) is 0 Å². The fourth-order valence-corrected chi connectivity index (χ4v) is 5.29. The van der Waals surface area contributed by atoms with Crippen LogP contribution in [0.1, 0.15) is 117 Å². The third kappa shape index (κ3) is 34.1. The molecule has 0 saturated carbocycles. The Labute approximate surface area is 306 Å². The Kier molecular flexibility index (Phi) is 31.1. The van der Waals surface area contributed by atoms with Crippen LogP contribution in [-0.2, 0) is 18.4 Å². The number of phosphoric acid groups is 1. The molecule has 9 heteroatoms. The third-order valence-electron chi connectivity index (χ3n) is 7.59. The number of carbonyl (C=O) groups excluding carboxylic acids is 1. The van der Waals surface area contributed by atoms with E-state index in [0.29, 0.717) is 17.4 Å². The minimum atomic E-state index is -4.57. The fourth-order valence-electron chi connectivity index (χ4n) is 4.57. The van der Waals surface area contributed by atoms with E-state index in [1.807, 2.05) is 34.1 Å². The van der Waals surface area contributed by atoms with Gasteiger partial charge in [-0.3, -0.25) is 9.36 Å². The SMILES string of the molecule is CC/C=C\C/C=C\C/C=C\C/C=C\C/C=C\C/C=C\CCCCCCCCC(=O)NC(COP(=O)([O-])OCC[N+](C)(C)C)C(O)/C=C/CCC. The summed E-state index contributed by atoms with van der Waals surface area (Å²) >= 11 is 0. The van der Waals surface area contributed by atoms with Gasteiger partial charge < -0.3 is 28.8 Å². The van der Waals surface area contributed by atoms with E-state index in [0.717, 1.165) is 89.9 Å². The van der Waals surface area contributed by atoms with Crippen LogP contribution in [0.15, 0.2) is 85.1 Å². The molecule has 0 spiro atoms. The number of amides is 1. The minimum Gasteiger partial charge on any atom is -0.756 e. The molecule has 2 N–H and O–H groups in total. The normalized spacial score (nSPS) is 15.6. The predicted molar refractivity (Wildman–Crippen MR) is 210 cm³/mol. The summed E-state index contributed by atoms with van der Waals surface area (Å²) in [5, 5.41) is 13.4. The highest BCUT2D eigenvalue weighted by Crippen LogP contribution is 2.38. The Bertz CT molecular complexity index is 1090. The van der Waals surface area contributed by atoms with Crippen molar-refractivity contribution < 1.29 is 32.9 Å². The van der Waals surface area contributed by atoms with Crippen molar-refractivity contribution in [3.63, 3.8) is 0 Å². The van der Waals surface area contributed by atoms with E-state index in [-0.39, 0.29) is 12.5 Å². The number of aliphatic hydroxyl groups is 1. The molecule has 0 heterocycles. The van der Waals surface area contributed by atoms with E-state index < -0.39 is 26.6 Å². The molecule has 0 aromatic carbocycles. The molecule has 0 aliphatic rings. The molecular formula is C41H71N2O6P. The second-order valence-corrected chi connectivity index (χ2v) is 15.0. The van der Waals surface area contributed by atoms with Gasteiger partial charge in [0.25, 0.3) is 7.82 Å². The average Bonchev–Trinajstić information content (AvgIpc) is 3.06. The zero-order valence-electron chi connectivity index (χ0n) is 32.1. The van der Waals surface area contributed by atoms with Crippen molar-refractivity contribution in [2.24, 2.45) is 0 Å². The lowest BCUT2D eigenvalue weighted by Crippen LogP contribution is -2.45. The maximum atomic E-state index is 12.6. The lowest BCUT2D eigenvalue weighted by atomic mass is 10.1. The smallest absolute Gasteiger partial charge is 0.268 e. The number of nitrogens with one attached hydrogen (secondary N) is 1. The summed E-state index contributed by atoms with van der Waals surface area (Å²) in [5.74, 6) is -0.231. The van der Waals surface area contributed by atoms with Crippen LogP contribution in [0.2, 0.25) is 0 Å². The van der Waals surface area contributed by atoms with E-state index in [1.165, 1.54) is 6.42 Å². The van der Waals surface area contributed by atoms with Gasteiger partial charge in [-0.05, 0) is 64.2 Å². The number of hydrogen-bond acceptors (Lipinski definition) is 6. The number of carbonyl (C=O) groups is 1. The largest absolute Gasteiger partial charge is 0.756 e. The first-order valence-corrected chi connectivity index (χ1v) is 20.4. The van der Waals surface area contributed by atoms with Gasteiger partial charge in [-0.2, -0.15) is 0 Å². The molecule has 0 aromatic heterocycles. The van der Waals surface area contributed by atoms with Gasteiger partial charge in [0.2, 0.25) is 5.91 Å². The van der Waals surface area contributed by atoms with E-state index in [2.05, 4.69) is 85.2 Å².